The van der Waals surface area contributed by atoms with Crippen LogP contribution >= 0.6 is 23.5 Å². The maximum Gasteiger partial charge on any atom is 0.417 e. The largest absolute Gasteiger partial charge is 0.464 e. The average Bonchev–Trinajstić information content (AvgIpc) is 1.60. The minimum Gasteiger partial charge on any atom is -0.464 e. The number of hydrogen-bond acceptors (Lipinski definition) is 2. The first-order chi connectivity index (χ1) is 4.33. The molecule has 3 nitrogen and oxygen atoms in total. The highest BCUT2D eigenvalue weighted by Gasteiger charge is 2.30. The first-order valence-corrected chi connectivity index (χ1v) is 3.20. The number of amides is 1. The van der Waals surface area contributed by atoms with Crippen LogP contribution in [0, 0.1) is 0 Å². The number of carbonyl (C=O) groups is 1. The Bertz CT molecular complexity index is 139. The molecule has 0 saturated heterocycles. The van der Waals surface area contributed by atoms with Crippen LogP contribution in [-0.4, -0.2) is 27.3 Å². The van der Waals surface area contributed by atoms with Gasteiger partial charge < -0.3 is 5.11 Å². The Labute approximate surface area is 65.1 Å². The predicted octanol–water partition coefficient (Wildman–Crippen LogP) is 2.03. The average molecular weight is 192 g/mol. The zero-order valence-corrected chi connectivity index (χ0v) is 6.42. The number of nitrogens with zero attached hydrogens (tertiary/aromatic N) is 1. The summed E-state index contributed by atoms with van der Waals surface area (Å²) in [5.41, 5.74) is 0. The molecule has 0 aromatic heterocycles. The van der Waals surface area contributed by atoms with Crippen LogP contribution in [-0.2, 0) is 0 Å². The molecule has 1 amide bonds. The molecule has 0 aromatic rings. The van der Waals surface area contributed by atoms with Crippen molar-refractivity contribution in [2.45, 2.75) is 4.71 Å². The number of carboxylic acid groups (broad SMARTS) is 1. The van der Waals surface area contributed by atoms with Gasteiger partial charge in [0.05, 0.1) is 0 Å². The Balaban J connectivity index is 3.80. The standard InChI is InChI=1S/C3H4ClF2NO2S/c1-7(2(8)9)10-3(4,5)6/h1H3,(H,8,9). The van der Waals surface area contributed by atoms with Crippen LogP contribution in [0.4, 0.5) is 13.6 Å². The highest BCUT2D eigenvalue weighted by molar-refractivity contribution is 7.99. The van der Waals surface area contributed by atoms with Gasteiger partial charge in [-0.25, -0.2) is 9.10 Å². The van der Waals surface area contributed by atoms with E-state index in [4.69, 9.17) is 5.11 Å². The van der Waals surface area contributed by atoms with Gasteiger partial charge in [-0.3, -0.25) is 0 Å². The van der Waals surface area contributed by atoms with E-state index in [1.165, 1.54) is 0 Å². The minimum atomic E-state index is -3.56. The monoisotopic (exact) mass is 191 g/mol. The van der Waals surface area contributed by atoms with E-state index in [0.29, 0.717) is 4.31 Å². The first-order valence-electron chi connectivity index (χ1n) is 2.05. The van der Waals surface area contributed by atoms with Gasteiger partial charge in [-0.05, 0) is 11.6 Å². The fraction of sp³-hybridized carbons (Fsp3) is 0.667. The normalized spacial score (nSPS) is 11.2. The molecular formula is C3H4ClF2NO2S. The molecule has 0 rings (SSSR count). The molecule has 0 radical (unpaired) electrons. The van der Waals surface area contributed by atoms with Gasteiger partial charge in [0.2, 0.25) is 0 Å². The number of rotatable bonds is 2. The molecule has 60 valence electrons. The van der Waals surface area contributed by atoms with E-state index in [2.05, 4.69) is 11.6 Å². The van der Waals surface area contributed by atoms with Gasteiger partial charge in [0, 0.05) is 19.0 Å². The second kappa shape index (κ2) is 3.25. The molecule has 7 heteroatoms. The first kappa shape index (κ1) is 9.77. The van der Waals surface area contributed by atoms with Crippen molar-refractivity contribution < 1.29 is 18.7 Å². The molecule has 0 spiro atoms. The summed E-state index contributed by atoms with van der Waals surface area (Å²) in [6.45, 7) is 0. The molecule has 0 saturated carbocycles. The predicted molar refractivity (Wildman–Crippen MR) is 34.2 cm³/mol. The van der Waals surface area contributed by atoms with E-state index in [1.54, 1.807) is 0 Å². The van der Waals surface area contributed by atoms with Gasteiger partial charge in [0.1, 0.15) is 0 Å². The van der Waals surface area contributed by atoms with Crippen molar-refractivity contribution in [2.75, 3.05) is 7.05 Å². The molecule has 0 aliphatic rings. The lowest BCUT2D eigenvalue weighted by atomic mass is 11.1. The summed E-state index contributed by atoms with van der Waals surface area (Å²) in [4.78, 5) is 9.89. The van der Waals surface area contributed by atoms with E-state index in [-0.39, 0.29) is 11.9 Å². The van der Waals surface area contributed by atoms with Crippen molar-refractivity contribution in [3.8, 4) is 0 Å². The summed E-state index contributed by atoms with van der Waals surface area (Å²) in [7, 11) is 0.975. The van der Waals surface area contributed by atoms with Crippen LogP contribution in [0.15, 0.2) is 0 Å². The molecule has 0 aromatic carbocycles. The van der Waals surface area contributed by atoms with Gasteiger partial charge in [-0.1, -0.05) is 0 Å². The van der Waals surface area contributed by atoms with Crippen LogP contribution in [0.1, 0.15) is 0 Å². The van der Waals surface area contributed by atoms with E-state index in [1.807, 2.05) is 0 Å². The van der Waals surface area contributed by atoms with E-state index >= 15 is 0 Å². The van der Waals surface area contributed by atoms with Crippen LogP contribution in [0.5, 0.6) is 0 Å². The quantitative estimate of drug-likeness (QED) is 0.536. The number of halogens is 3. The van der Waals surface area contributed by atoms with Gasteiger partial charge in [0.15, 0.2) is 0 Å². The van der Waals surface area contributed by atoms with Gasteiger partial charge >= 0.3 is 10.8 Å². The summed E-state index contributed by atoms with van der Waals surface area (Å²) in [6.07, 6.45) is -1.47. The third-order valence-corrected chi connectivity index (χ3v) is 1.35. The van der Waals surface area contributed by atoms with Crippen molar-refractivity contribution in [2.24, 2.45) is 0 Å². The van der Waals surface area contributed by atoms with Crippen LogP contribution in [0.2, 0.25) is 0 Å². The van der Waals surface area contributed by atoms with Crippen molar-refractivity contribution in [3.63, 3.8) is 0 Å². The van der Waals surface area contributed by atoms with Crippen LogP contribution < -0.4 is 0 Å². The molecule has 0 fully saturated rings. The lowest BCUT2D eigenvalue weighted by Crippen LogP contribution is -2.21. The Morgan fingerprint density at radius 1 is 1.80 bits per heavy atom. The van der Waals surface area contributed by atoms with Crippen molar-refractivity contribution in [3.05, 3.63) is 0 Å². The highest BCUT2D eigenvalue weighted by Crippen LogP contribution is 2.34. The van der Waals surface area contributed by atoms with E-state index in [0.717, 1.165) is 7.05 Å². The number of hydrogen-bond donors (Lipinski definition) is 1. The zero-order valence-electron chi connectivity index (χ0n) is 4.84. The molecule has 0 aliphatic heterocycles. The van der Waals surface area contributed by atoms with Crippen LogP contribution in [0.3, 0.4) is 0 Å². The van der Waals surface area contributed by atoms with Crippen LogP contribution in [0.25, 0.3) is 0 Å². The maximum atomic E-state index is 11.8. The van der Waals surface area contributed by atoms with Crippen molar-refractivity contribution >= 4 is 29.6 Å². The fourth-order valence-corrected chi connectivity index (χ4v) is 0.893. The molecule has 10 heavy (non-hydrogen) atoms. The third-order valence-electron chi connectivity index (χ3n) is 0.510. The van der Waals surface area contributed by atoms with Gasteiger partial charge in [-0.15, -0.1) is 0 Å². The third kappa shape index (κ3) is 4.63. The van der Waals surface area contributed by atoms with Crippen molar-refractivity contribution in [1.82, 2.24) is 4.31 Å². The fourth-order valence-electron chi connectivity index (χ4n) is 0.194. The molecule has 0 bridgehead atoms. The lowest BCUT2D eigenvalue weighted by Gasteiger charge is -2.13. The van der Waals surface area contributed by atoms with Crippen molar-refractivity contribution in [1.29, 1.82) is 0 Å². The summed E-state index contributed by atoms with van der Waals surface area (Å²) >= 11 is 4.13. The second-order valence-electron chi connectivity index (χ2n) is 1.32. The Kier molecular flexibility index (Phi) is 3.17. The second-order valence-corrected chi connectivity index (χ2v) is 3.26. The molecule has 0 unspecified atom stereocenters. The van der Waals surface area contributed by atoms with Gasteiger partial charge in [-0.2, -0.15) is 8.78 Å². The summed E-state index contributed by atoms with van der Waals surface area (Å²) in [6, 6.07) is 0. The molecule has 0 atom stereocenters. The Morgan fingerprint density at radius 3 is 2.30 bits per heavy atom. The zero-order chi connectivity index (χ0) is 8.36. The summed E-state index contributed by atoms with van der Waals surface area (Å²) < 4.78 is 20.3. The SMILES string of the molecule is CN(SC(F)(F)Cl)C(=O)O. The van der Waals surface area contributed by atoms with Gasteiger partial charge in [0.25, 0.3) is 0 Å². The Hall–Kier alpha value is -0.230. The molecular weight excluding hydrogens is 188 g/mol. The molecule has 0 aliphatic carbocycles. The van der Waals surface area contributed by atoms with E-state index in [9.17, 15) is 13.6 Å². The van der Waals surface area contributed by atoms with E-state index < -0.39 is 10.8 Å². The molecule has 0 heterocycles. The highest BCUT2D eigenvalue weighted by atomic mass is 35.5. The minimum absolute atomic E-state index is 0.269. The molecule has 1 N–H and O–H groups in total. The summed E-state index contributed by atoms with van der Waals surface area (Å²) in [5.74, 6) is 0. The smallest absolute Gasteiger partial charge is 0.417 e. The maximum absolute atomic E-state index is 11.8. The Morgan fingerprint density at radius 2 is 2.20 bits per heavy atom. The number of alkyl halides is 3. The topological polar surface area (TPSA) is 40.5 Å². The summed E-state index contributed by atoms with van der Waals surface area (Å²) in [5, 5.41) is 8.06. The lowest BCUT2D eigenvalue weighted by molar-refractivity contribution is 0.171.